The summed E-state index contributed by atoms with van der Waals surface area (Å²) in [5.74, 6) is 1.74. The van der Waals surface area contributed by atoms with Crippen molar-refractivity contribution in [1.82, 2.24) is 10.3 Å². The third-order valence-corrected chi connectivity index (χ3v) is 3.96. The number of aromatic amines is 1. The lowest BCUT2D eigenvalue weighted by atomic mass is 9.92. The van der Waals surface area contributed by atoms with Gasteiger partial charge in [-0.15, -0.1) is 0 Å². The van der Waals surface area contributed by atoms with E-state index in [2.05, 4.69) is 28.6 Å². The van der Waals surface area contributed by atoms with E-state index in [4.69, 9.17) is 4.74 Å². The van der Waals surface area contributed by atoms with Gasteiger partial charge < -0.3 is 15.0 Å². The minimum absolute atomic E-state index is 0.720. The second kappa shape index (κ2) is 5.66. The van der Waals surface area contributed by atoms with Crippen molar-refractivity contribution in [2.75, 3.05) is 19.7 Å². The minimum Gasteiger partial charge on any atom is -0.494 e. The molecule has 1 fully saturated rings. The molecule has 2 N–H and O–H groups in total. The van der Waals surface area contributed by atoms with E-state index in [1.54, 1.807) is 0 Å². The number of rotatable bonds is 4. The summed E-state index contributed by atoms with van der Waals surface area (Å²) in [6.45, 7) is 5.07. The molecule has 3 rings (SSSR count). The molecule has 0 saturated carbocycles. The van der Waals surface area contributed by atoms with Crippen molar-refractivity contribution in [3.8, 4) is 5.75 Å². The van der Waals surface area contributed by atoms with Crippen LogP contribution in [0.1, 0.15) is 25.3 Å². The van der Waals surface area contributed by atoms with Crippen molar-refractivity contribution in [2.24, 2.45) is 5.92 Å². The number of fused-ring (bicyclic) bond motifs is 1. The average molecular weight is 258 g/mol. The SMILES string of the molecule is CCOc1ccc2[nH]cc(CC3CCCNC3)c2c1. The van der Waals surface area contributed by atoms with Crippen molar-refractivity contribution in [3.63, 3.8) is 0 Å². The topological polar surface area (TPSA) is 37.0 Å². The fourth-order valence-electron chi connectivity index (χ4n) is 2.99. The molecule has 1 aromatic heterocycles. The van der Waals surface area contributed by atoms with Crippen LogP contribution in [-0.4, -0.2) is 24.7 Å². The van der Waals surface area contributed by atoms with Gasteiger partial charge in [0.2, 0.25) is 0 Å². The van der Waals surface area contributed by atoms with E-state index < -0.39 is 0 Å². The number of benzene rings is 1. The Kier molecular flexibility index (Phi) is 3.74. The Bertz CT molecular complexity index is 541. The highest BCUT2D eigenvalue weighted by Gasteiger charge is 2.15. The summed E-state index contributed by atoms with van der Waals surface area (Å²) < 4.78 is 5.60. The number of hydrogen-bond donors (Lipinski definition) is 2. The monoisotopic (exact) mass is 258 g/mol. The zero-order valence-electron chi connectivity index (χ0n) is 11.5. The minimum atomic E-state index is 0.720. The van der Waals surface area contributed by atoms with E-state index in [0.29, 0.717) is 0 Å². The first-order chi connectivity index (χ1) is 9.36. The molecule has 1 aromatic carbocycles. The van der Waals surface area contributed by atoms with Crippen molar-refractivity contribution in [2.45, 2.75) is 26.2 Å². The standard InChI is InChI=1S/C16H22N2O/c1-2-19-14-5-6-16-15(9-14)13(11-18-16)8-12-4-3-7-17-10-12/h5-6,9,11-12,17-18H,2-4,7-8,10H2,1H3. The smallest absolute Gasteiger partial charge is 0.120 e. The van der Waals surface area contributed by atoms with Gasteiger partial charge in [-0.05, 0) is 69.0 Å². The van der Waals surface area contributed by atoms with Crippen LogP contribution >= 0.6 is 0 Å². The van der Waals surface area contributed by atoms with E-state index in [9.17, 15) is 0 Å². The summed E-state index contributed by atoms with van der Waals surface area (Å²) in [4.78, 5) is 3.37. The predicted octanol–water partition coefficient (Wildman–Crippen LogP) is 3.11. The molecule has 3 heteroatoms. The summed E-state index contributed by atoms with van der Waals surface area (Å²) >= 11 is 0. The molecule has 0 amide bonds. The first-order valence-corrected chi connectivity index (χ1v) is 7.30. The Hall–Kier alpha value is -1.48. The fourth-order valence-corrected chi connectivity index (χ4v) is 2.99. The maximum Gasteiger partial charge on any atom is 0.120 e. The quantitative estimate of drug-likeness (QED) is 0.884. The lowest BCUT2D eigenvalue weighted by Crippen LogP contribution is -2.30. The van der Waals surface area contributed by atoms with Crippen molar-refractivity contribution < 1.29 is 4.74 Å². The first-order valence-electron chi connectivity index (χ1n) is 7.30. The van der Waals surface area contributed by atoms with Crippen LogP contribution in [-0.2, 0) is 6.42 Å². The molecular weight excluding hydrogens is 236 g/mol. The van der Waals surface area contributed by atoms with Gasteiger partial charge in [-0.1, -0.05) is 0 Å². The van der Waals surface area contributed by atoms with E-state index >= 15 is 0 Å². The van der Waals surface area contributed by atoms with E-state index in [0.717, 1.165) is 31.2 Å². The van der Waals surface area contributed by atoms with Gasteiger partial charge in [0, 0.05) is 17.1 Å². The Morgan fingerprint density at radius 2 is 2.32 bits per heavy atom. The van der Waals surface area contributed by atoms with E-state index in [1.165, 1.54) is 35.9 Å². The van der Waals surface area contributed by atoms with Crippen LogP contribution in [0.15, 0.2) is 24.4 Å². The average Bonchev–Trinajstić information content (AvgIpc) is 2.83. The first kappa shape index (κ1) is 12.5. The lowest BCUT2D eigenvalue weighted by molar-refractivity contribution is 0.340. The Morgan fingerprint density at radius 1 is 1.37 bits per heavy atom. The third kappa shape index (κ3) is 2.76. The Morgan fingerprint density at radius 3 is 3.11 bits per heavy atom. The molecule has 1 atom stereocenters. The highest BCUT2D eigenvalue weighted by Crippen LogP contribution is 2.27. The van der Waals surface area contributed by atoms with Gasteiger partial charge in [0.1, 0.15) is 5.75 Å². The second-order valence-corrected chi connectivity index (χ2v) is 5.37. The molecule has 19 heavy (non-hydrogen) atoms. The van der Waals surface area contributed by atoms with E-state index in [-0.39, 0.29) is 0 Å². The zero-order valence-corrected chi connectivity index (χ0v) is 11.5. The van der Waals surface area contributed by atoms with Crippen LogP contribution < -0.4 is 10.1 Å². The molecule has 102 valence electrons. The van der Waals surface area contributed by atoms with Gasteiger partial charge in [-0.3, -0.25) is 0 Å². The number of H-pyrrole nitrogens is 1. The molecule has 3 nitrogen and oxygen atoms in total. The molecule has 1 aliphatic rings. The number of aromatic nitrogens is 1. The Balaban J connectivity index is 1.83. The van der Waals surface area contributed by atoms with Crippen molar-refractivity contribution in [3.05, 3.63) is 30.0 Å². The molecule has 1 aliphatic heterocycles. The van der Waals surface area contributed by atoms with Crippen molar-refractivity contribution >= 4 is 10.9 Å². The molecule has 1 unspecified atom stereocenters. The van der Waals surface area contributed by atoms with Crippen LogP contribution in [0.5, 0.6) is 5.75 Å². The molecule has 2 heterocycles. The maximum atomic E-state index is 5.60. The fraction of sp³-hybridized carbons (Fsp3) is 0.500. The summed E-state index contributed by atoms with van der Waals surface area (Å²) in [5, 5.41) is 4.81. The van der Waals surface area contributed by atoms with Gasteiger partial charge in [-0.2, -0.15) is 0 Å². The van der Waals surface area contributed by atoms with Gasteiger partial charge in [-0.25, -0.2) is 0 Å². The predicted molar refractivity (Wildman–Crippen MR) is 78.8 cm³/mol. The molecular formula is C16H22N2O. The van der Waals surface area contributed by atoms with Crippen LogP contribution in [0, 0.1) is 5.92 Å². The second-order valence-electron chi connectivity index (χ2n) is 5.37. The van der Waals surface area contributed by atoms with Gasteiger partial charge >= 0.3 is 0 Å². The number of piperidine rings is 1. The van der Waals surface area contributed by atoms with Gasteiger partial charge in [0.05, 0.1) is 6.61 Å². The number of hydrogen-bond acceptors (Lipinski definition) is 2. The Labute approximate surface area is 114 Å². The maximum absolute atomic E-state index is 5.60. The van der Waals surface area contributed by atoms with Crippen LogP contribution in [0.3, 0.4) is 0 Å². The van der Waals surface area contributed by atoms with E-state index in [1.807, 2.05) is 13.0 Å². The summed E-state index contributed by atoms with van der Waals surface area (Å²) in [6, 6.07) is 6.32. The summed E-state index contributed by atoms with van der Waals surface area (Å²) in [7, 11) is 0. The largest absolute Gasteiger partial charge is 0.494 e. The highest BCUT2D eigenvalue weighted by atomic mass is 16.5. The number of ether oxygens (including phenoxy) is 1. The molecule has 0 radical (unpaired) electrons. The van der Waals surface area contributed by atoms with Crippen molar-refractivity contribution in [1.29, 1.82) is 0 Å². The zero-order chi connectivity index (χ0) is 13.1. The van der Waals surface area contributed by atoms with Crippen LogP contribution in [0.4, 0.5) is 0 Å². The van der Waals surface area contributed by atoms with Crippen LogP contribution in [0.2, 0.25) is 0 Å². The molecule has 2 aromatic rings. The lowest BCUT2D eigenvalue weighted by Gasteiger charge is -2.22. The summed E-state index contributed by atoms with van der Waals surface area (Å²) in [5.41, 5.74) is 2.63. The molecule has 0 bridgehead atoms. The van der Waals surface area contributed by atoms with Crippen LogP contribution in [0.25, 0.3) is 10.9 Å². The molecule has 0 aliphatic carbocycles. The molecule has 1 saturated heterocycles. The van der Waals surface area contributed by atoms with Gasteiger partial charge in [0.25, 0.3) is 0 Å². The normalized spacial score (nSPS) is 19.7. The number of nitrogens with one attached hydrogen (secondary N) is 2. The molecule has 0 spiro atoms. The van der Waals surface area contributed by atoms with Gasteiger partial charge in [0.15, 0.2) is 0 Å². The summed E-state index contributed by atoms with van der Waals surface area (Å²) in [6.07, 6.45) is 5.96. The third-order valence-electron chi connectivity index (χ3n) is 3.96. The highest BCUT2D eigenvalue weighted by molar-refractivity contribution is 5.84.